The maximum atomic E-state index is 11.2. The topological polar surface area (TPSA) is 56.7 Å². The second-order valence-electron chi connectivity index (χ2n) is 4.67. The maximum Gasteiger partial charge on any atom is 0.339 e. The first kappa shape index (κ1) is 12.8. The van der Waals surface area contributed by atoms with Crippen LogP contribution in [0.25, 0.3) is 0 Å². The second kappa shape index (κ2) is 5.35. The minimum atomic E-state index is -0.912. The van der Waals surface area contributed by atoms with Crippen LogP contribution < -0.4 is 4.90 Å². The number of aromatic carboxylic acids is 1. The van der Waals surface area contributed by atoms with Gasteiger partial charge >= 0.3 is 5.97 Å². The van der Waals surface area contributed by atoms with Gasteiger partial charge in [0.2, 0.25) is 0 Å². The predicted molar refractivity (Wildman–Crippen MR) is 70.1 cm³/mol. The summed E-state index contributed by atoms with van der Waals surface area (Å²) >= 11 is 0. The lowest BCUT2D eigenvalue weighted by atomic mass is 10.1. The molecule has 1 unspecified atom stereocenters. The summed E-state index contributed by atoms with van der Waals surface area (Å²) in [5.41, 5.74) is 0.289. The van der Waals surface area contributed by atoms with Gasteiger partial charge in [-0.05, 0) is 25.6 Å². The standard InChI is InChI=1S/C13H19N3O2/c1-3-10-9-16(8-7-15(10)2)12-11(13(17)18)5-4-6-14-12/h4-6,10H,3,7-9H2,1-2H3,(H,17,18). The van der Waals surface area contributed by atoms with Gasteiger partial charge in [0.1, 0.15) is 11.4 Å². The smallest absolute Gasteiger partial charge is 0.339 e. The Labute approximate surface area is 107 Å². The Morgan fingerprint density at radius 2 is 2.33 bits per heavy atom. The molecule has 1 aliphatic heterocycles. The first-order chi connectivity index (χ1) is 8.63. The Morgan fingerprint density at radius 1 is 1.56 bits per heavy atom. The normalized spacial score (nSPS) is 21.0. The molecular formula is C13H19N3O2. The molecule has 0 saturated carbocycles. The molecule has 18 heavy (non-hydrogen) atoms. The van der Waals surface area contributed by atoms with E-state index in [1.165, 1.54) is 0 Å². The molecule has 1 N–H and O–H groups in total. The van der Waals surface area contributed by atoms with Crippen LogP contribution in [0.3, 0.4) is 0 Å². The number of pyridine rings is 1. The van der Waals surface area contributed by atoms with E-state index in [4.69, 9.17) is 0 Å². The molecule has 2 rings (SSSR count). The van der Waals surface area contributed by atoms with Gasteiger partial charge in [0, 0.05) is 31.9 Å². The Kier molecular flexibility index (Phi) is 3.81. The van der Waals surface area contributed by atoms with Crippen LogP contribution in [0.1, 0.15) is 23.7 Å². The first-order valence-electron chi connectivity index (χ1n) is 6.27. The number of aromatic nitrogens is 1. The highest BCUT2D eigenvalue weighted by Crippen LogP contribution is 2.21. The van der Waals surface area contributed by atoms with E-state index in [9.17, 15) is 9.90 Å². The quantitative estimate of drug-likeness (QED) is 0.875. The van der Waals surface area contributed by atoms with Gasteiger partial charge in [-0.1, -0.05) is 6.92 Å². The van der Waals surface area contributed by atoms with Crippen LogP contribution in [0.2, 0.25) is 0 Å². The van der Waals surface area contributed by atoms with Gasteiger partial charge in [0.05, 0.1) is 0 Å². The third kappa shape index (κ3) is 2.46. The Morgan fingerprint density at radius 3 is 3.00 bits per heavy atom. The van der Waals surface area contributed by atoms with E-state index in [1.807, 2.05) is 0 Å². The molecular weight excluding hydrogens is 230 g/mol. The Bertz CT molecular complexity index is 436. The summed E-state index contributed by atoms with van der Waals surface area (Å²) in [6, 6.07) is 3.74. The molecule has 0 bridgehead atoms. The third-order valence-electron chi connectivity index (χ3n) is 3.56. The average molecular weight is 249 g/mol. The lowest BCUT2D eigenvalue weighted by Gasteiger charge is -2.40. The highest BCUT2D eigenvalue weighted by molar-refractivity contribution is 5.93. The number of carboxylic acid groups (broad SMARTS) is 1. The number of anilines is 1. The zero-order valence-electron chi connectivity index (χ0n) is 10.8. The van der Waals surface area contributed by atoms with Gasteiger partial charge in [-0.3, -0.25) is 4.90 Å². The summed E-state index contributed by atoms with van der Waals surface area (Å²) in [4.78, 5) is 19.8. The minimum Gasteiger partial charge on any atom is -0.478 e. The van der Waals surface area contributed by atoms with Gasteiger partial charge < -0.3 is 10.0 Å². The highest BCUT2D eigenvalue weighted by Gasteiger charge is 2.26. The van der Waals surface area contributed by atoms with E-state index in [-0.39, 0.29) is 5.56 Å². The number of carboxylic acids is 1. The molecule has 1 fully saturated rings. The molecule has 0 amide bonds. The summed E-state index contributed by atoms with van der Waals surface area (Å²) in [7, 11) is 2.11. The average Bonchev–Trinajstić information content (AvgIpc) is 2.39. The van der Waals surface area contributed by atoms with Crippen molar-refractivity contribution in [2.24, 2.45) is 0 Å². The molecule has 5 nitrogen and oxygen atoms in total. The second-order valence-corrected chi connectivity index (χ2v) is 4.67. The predicted octanol–water partition coefficient (Wildman–Crippen LogP) is 1.31. The number of nitrogens with zero attached hydrogens (tertiary/aromatic N) is 3. The van der Waals surface area contributed by atoms with E-state index >= 15 is 0 Å². The van der Waals surface area contributed by atoms with Gasteiger partial charge in [-0.25, -0.2) is 9.78 Å². The fraction of sp³-hybridized carbons (Fsp3) is 0.538. The zero-order valence-corrected chi connectivity index (χ0v) is 10.8. The SMILES string of the molecule is CCC1CN(c2ncccc2C(=O)O)CCN1C. The Balaban J connectivity index is 2.24. The van der Waals surface area contributed by atoms with E-state index in [0.29, 0.717) is 11.9 Å². The van der Waals surface area contributed by atoms with E-state index < -0.39 is 5.97 Å². The maximum absolute atomic E-state index is 11.2. The van der Waals surface area contributed by atoms with Crippen molar-refractivity contribution in [3.8, 4) is 0 Å². The summed E-state index contributed by atoms with van der Waals surface area (Å²) < 4.78 is 0. The van der Waals surface area contributed by atoms with Crippen molar-refractivity contribution in [2.45, 2.75) is 19.4 Å². The van der Waals surface area contributed by atoms with Gasteiger partial charge in [0.25, 0.3) is 0 Å². The minimum absolute atomic E-state index is 0.289. The number of carbonyl (C=O) groups is 1. The van der Waals surface area contributed by atoms with Gasteiger partial charge in [-0.2, -0.15) is 0 Å². The molecule has 1 saturated heterocycles. The molecule has 1 aromatic heterocycles. The van der Waals surface area contributed by atoms with Crippen molar-refractivity contribution < 1.29 is 9.90 Å². The molecule has 5 heteroatoms. The van der Waals surface area contributed by atoms with Crippen molar-refractivity contribution in [3.05, 3.63) is 23.9 Å². The molecule has 0 spiro atoms. The summed E-state index contributed by atoms with van der Waals surface area (Å²) in [5.74, 6) is -0.318. The van der Waals surface area contributed by atoms with E-state index in [0.717, 1.165) is 26.1 Å². The van der Waals surface area contributed by atoms with Crippen LogP contribution >= 0.6 is 0 Å². The fourth-order valence-electron chi connectivity index (χ4n) is 2.40. The molecule has 2 heterocycles. The molecule has 0 aliphatic carbocycles. The number of hydrogen-bond acceptors (Lipinski definition) is 4. The van der Waals surface area contributed by atoms with Crippen LogP contribution in [0.4, 0.5) is 5.82 Å². The lowest BCUT2D eigenvalue weighted by Crippen LogP contribution is -2.51. The van der Waals surface area contributed by atoms with Crippen molar-refractivity contribution in [3.63, 3.8) is 0 Å². The number of piperazine rings is 1. The Hall–Kier alpha value is -1.62. The van der Waals surface area contributed by atoms with Gasteiger partial charge in [-0.15, -0.1) is 0 Å². The zero-order chi connectivity index (χ0) is 13.1. The molecule has 98 valence electrons. The van der Waals surface area contributed by atoms with Crippen LogP contribution in [-0.4, -0.2) is 53.7 Å². The molecule has 1 atom stereocenters. The van der Waals surface area contributed by atoms with Crippen molar-refractivity contribution in [1.82, 2.24) is 9.88 Å². The van der Waals surface area contributed by atoms with E-state index in [2.05, 4.69) is 28.8 Å². The largest absolute Gasteiger partial charge is 0.478 e. The molecule has 0 radical (unpaired) electrons. The summed E-state index contributed by atoms with van der Waals surface area (Å²) in [6.45, 7) is 4.75. The number of rotatable bonds is 3. The molecule has 1 aliphatic rings. The molecule has 1 aromatic rings. The van der Waals surface area contributed by atoms with Crippen LogP contribution in [-0.2, 0) is 0 Å². The highest BCUT2D eigenvalue weighted by atomic mass is 16.4. The lowest BCUT2D eigenvalue weighted by molar-refractivity contribution is 0.0696. The van der Waals surface area contributed by atoms with Crippen molar-refractivity contribution >= 4 is 11.8 Å². The number of hydrogen-bond donors (Lipinski definition) is 1. The van der Waals surface area contributed by atoms with Crippen LogP contribution in [0.5, 0.6) is 0 Å². The van der Waals surface area contributed by atoms with Crippen molar-refractivity contribution in [2.75, 3.05) is 31.6 Å². The monoisotopic (exact) mass is 249 g/mol. The first-order valence-corrected chi connectivity index (χ1v) is 6.27. The van der Waals surface area contributed by atoms with Gasteiger partial charge in [0.15, 0.2) is 0 Å². The molecule has 0 aromatic carbocycles. The number of likely N-dealkylation sites (N-methyl/N-ethyl adjacent to an activating group) is 1. The summed E-state index contributed by atoms with van der Waals surface area (Å²) in [6.07, 6.45) is 2.71. The van der Waals surface area contributed by atoms with Crippen LogP contribution in [0.15, 0.2) is 18.3 Å². The third-order valence-corrected chi connectivity index (χ3v) is 3.56. The summed E-state index contributed by atoms with van der Waals surface area (Å²) in [5, 5.41) is 9.19. The fourth-order valence-corrected chi connectivity index (χ4v) is 2.40. The van der Waals surface area contributed by atoms with E-state index in [1.54, 1.807) is 18.3 Å². The van der Waals surface area contributed by atoms with Crippen LogP contribution in [0, 0.1) is 0 Å². The van der Waals surface area contributed by atoms with Crippen molar-refractivity contribution in [1.29, 1.82) is 0 Å².